The second-order valence-corrected chi connectivity index (χ2v) is 12.8. The lowest BCUT2D eigenvalue weighted by Gasteiger charge is -2.25. The first-order chi connectivity index (χ1) is 13.4. The molecule has 0 aliphatic carbocycles. The Balaban J connectivity index is 3.72. The average Bonchev–Trinajstić information content (AvgIpc) is 2.60. The normalized spacial score (nSPS) is 16.0. The zero-order chi connectivity index (χ0) is 22.3. The van der Waals surface area contributed by atoms with Crippen LogP contribution in [0.2, 0.25) is 0 Å². The molecule has 0 nitrogen and oxygen atoms in total. The summed E-state index contributed by atoms with van der Waals surface area (Å²) in [6, 6.07) is 0. The molecule has 0 radical (unpaired) electrons. The van der Waals surface area contributed by atoms with Crippen molar-refractivity contribution in [2.45, 2.75) is 159 Å². The Kier molecular flexibility index (Phi) is 15.8. The molecule has 176 valence electrons. The molecular formula is C29H60. The van der Waals surface area contributed by atoms with Crippen LogP contribution >= 0.6 is 0 Å². The lowest BCUT2D eigenvalue weighted by molar-refractivity contribution is 0.273. The van der Waals surface area contributed by atoms with Gasteiger partial charge in [-0.25, -0.2) is 0 Å². The minimum absolute atomic E-state index is 0.509. The predicted molar refractivity (Wildman–Crippen MR) is 136 cm³/mol. The van der Waals surface area contributed by atoms with Crippen LogP contribution < -0.4 is 0 Å². The van der Waals surface area contributed by atoms with Crippen LogP contribution in [0.5, 0.6) is 0 Å². The van der Waals surface area contributed by atoms with E-state index in [4.69, 9.17) is 0 Å². The summed E-state index contributed by atoms with van der Waals surface area (Å²) in [6.07, 6.45) is 21.3. The van der Waals surface area contributed by atoms with Crippen molar-refractivity contribution in [2.24, 2.45) is 28.6 Å². The van der Waals surface area contributed by atoms with Gasteiger partial charge in [0.1, 0.15) is 0 Å². The topological polar surface area (TPSA) is 0 Å². The highest BCUT2D eigenvalue weighted by atomic mass is 14.2. The fourth-order valence-electron chi connectivity index (χ4n) is 4.79. The van der Waals surface area contributed by atoms with Crippen molar-refractivity contribution in [3.63, 3.8) is 0 Å². The first kappa shape index (κ1) is 29.0. The molecule has 0 aromatic rings. The van der Waals surface area contributed by atoms with Crippen LogP contribution in [0.25, 0.3) is 0 Å². The summed E-state index contributed by atoms with van der Waals surface area (Å²) in [5, 5.41) is 0. The van der Waals surface area contributed by atoms with Gasteiger partial charge in [0.15, 0.2) is 0 Å². The maximum atomic E-state index is 2.51. The smallest absolute Gasteiger partial charge is 0.0354 e. The van der Waals surface area contributed by atoms with Gasteiger partial charge in [0.05, 0.1) is 0 Å². The number of hydrogen-bond donors (Lipinski definition) is 0. The van der Waals surface area contributed by atoms with Crippen LogP contribution in [0.1, 0.15) is 159 Å². The van der Waals surface area contributed by atoms with Crippen molar-refractivity contribution >= 4 is 0 Å². The van der Waals surface area contributed by atoms with Gasteiger partial charge in [0, 0.05) is 0 Å². The molecule has 0 amide bonds. The summed E-state index contributed by atoms with van der Waals surface area (Å²) in [4.78, 5) is 0. The average molecular weight is 409 g/mol. The summed E-state index contributed by atoms with van der Waals surface area (Å²) >= 11 is 0. The maximum absolute atomic E-state index is 2.51. The highest BCUT2D eigenvalue weighted by Gasteiger charge is 2.17. The van der Waals surface area contributed by atoms with E-state index in [-0.39, 0.29) is 0 Å². The van der Waals surface area contributed by atoms with Crippen molar-refractivity contribution in [1.82, 2.24) is 0 Å². The lowest BCUT2D eigenvalue weighted by Crippen LogP contribution is -2.11. The SMILES string of the molecule is CCCC(C)CCC(C)CCCCC(C)(C)CCCCC(C)CCCC(C)(C)C. The Morgan fingerprint density at radius 3 is 1.34 bits per heavy atom. The second-order valence-electron chi connectivity index (χ2n) is 12.8. The zero-order valence-corrected chi connectivity index (χ0v) is 22.3. The summed E-state index contributed by atoms with van der Waals surface area (Å²) in [5.74, 6) is 2.78. The highest BCUT2D eigenvalue weighted by Crippen LogP contribution is 2.32. The Labute approximate surface area is 187 Å². The van der Waals surface area contributed by atoms with Gasteiger partial charge in [-0.1, -0.05) is 139 Å². The zero-order valence-electron chi connectivity index (χ0n) is 22.3. The predicted octanol–water partition coefficient (Wildman–Crippen LogP) is 10.8. The van der Waals surface area contributed by atoms with Crippen molar-refractivity contribution in [3.8, 4) is 0 Å². The Hall–Kier alpha value is 0. The third-order valence-corrected chi connectivity index (χ3v) is 7.16. The van der Waals surface area contributed by atoms with E-state index in [1.807, 2.05) is 0 Å². The Bertz CT molecular complexity index is 359. The van der Waals surface area contributed by atoms with Crippen molar-refractivity contribution in [1.29, 1.82) is 0 Å². The molecule has 0 saturated heterocycles. The van der Waals surface area contributed by atoms with Crippen molar-refractivity contribution < 1.29 is 0 Å². The van der Waals surface area contributed by atoms with Gasteiger partial charge in [-0.15, -0.1) is 0 Å². The highest BCUT2D eigenvalue weighted by molar-refractivity contribution is 4.70. The second kappa shape index (κ2) is 15.8. The van der Waals surface area contributed by atoms with Crippen molar-refractivity contribution in [3.05, 3.63) is 0 Å². The number of hydrogen-bond acceptors (Lipinski definition) is 0. The molecule has 0 aliphatic rings. The molecule has 3 atom stereocenters. The summed E-state index contributed by atoms with van der Waals surface area (Å²) in [6.45, 7) is 21.8. The van der Waals surface area contributed by atoms with Crippen LogP contribution in [-0.4, -0.2) is 0 Å². The van der Waals surface area contributed by atoms with E-state index < -0.39 is 0 Å². The molecule has 0 bridgehead atoms. The van der Waals surface area contributed by atoms with E-state index in [0.29, 0.717) is 10.8 Å². The monoisotopic (exact) mass is 408 g/mol. The first-order valence-corrected chi connectivity index (χ1v) is 13.4. The molecule has 0 aliphatic heterocycles. The molecule has 0 fully saturated rings. The van der Waals surface area contributed by atoms with E-state index >= 15 is 0 Å². The van der Waals surface area contributed by atoms with Gasteiger partial charge in [-0.05, 0) is 47.8 Å². The summed E-state index contributed by atoms with van der Waals surface area (Å²) < 4.78 is 0. The molecule has 3 unspecified atom stereocenters. The molecule has 0 aromatic heterocycles. The minimum atomic E-state index is 0.509. The van der Waals surface area contributed by atoms with E-state index in [1.54, 1.807) is 0 Å². The molecule has 0 spiro atoms. The summed E-state index contributed by atoms with van der Waals surface area (Å²) in [7, 11) is 0. The lowest BCUT2D eigenvalue weighted by atomic mass is 9.81. The number of rotatable bonds is 18. The van der Waals surface area contributed by atoms with E-state index in [2.05, 4.69) is 62.3 Å². The van der Waals surface area contributed by atoms with E-state index in [1.165, 1.54) is 96.3 Å². The molecule has 0 rings (SSSR count). The molecule has 0 heterocycles. The molecule has 29 heavy (non-hydrogen) atoms. The van der Waals surface area contributed by atoms with Crippen molar-refractivity contribution in [2.75, 3.05) is 0 Å². The van der Waals surface area contributed by atoms with Crippen LogP contribution in [0.3, 0.4) is 0 Å². The molecule has 0 N–H and O–H groups in total. The third kappa shape index (κ3) is 19.7. The summed E-state index contributed by atoms with van der Waals surface area (Å²) in [5.41, 5.74) is 1.06. The first-order valence-electron chi connectivity index (χ1n) is 13.4. The fraction of sp³-hybridized carbons (Fsp3) is 1.00. The minimum Gasteiger partial charge on any atom is -0.0654 e. The maximum Gasteiger partial charge on any atom is -0.0354 e. The van der Waals surface area contributed by atoms with E-state index in [0.717, 1.165) is 17.8 Å². The van der Waals surface area contributed by atoms with Gasteiger partial charge < -0.3 is 0 Å². The van der Waals surface area contributed by atoms with Gasteiger partial charge in [-0.2, -0.15) is 0 Å². The van der Waals surface area contributed by atoms with E-state index in [9.17, 15) is 0 Å². The van der Waals surface area contributed by atoms with Crippen LogP contribution in [0.4, 0.5) is 0 Å². The van der Waals surface area contributed by atoms with Gasteiger partial charge >= 0.3 is 0 Å². The third-order valence-electron chi connectivity index (χ3n) is 7.16. The Morgan fingerprint density at radius 1 is 0.483 bits per heavy atom. The van der Waals surface area contributed by atoms with Gasteiger partial charge in [-0.3, -0.25) is 0 Å². The van der Waals surface area contributed by atoms with Crippen LogP contribution in [0, 0.1) is 28.6 Å². The standard InChI is InChI=1S/C29H60/c1-10-16-25(2)20-21-27(4)18-12-14-24-29(8,9)23-13-11-17-26(3)19-15-22-28(5,6)7/h25-27H,10-24H2,1-9H3. The van der Waals surface area contributed by atoms with Gasteiger partial charge in [0.25, 0.3) is 0 Å². The molecule has 0 aromatic carbocycles. The molecule has 0 heteroatoms. The molecular weight excluding hydrogens is 348 g/mol. The van der Waals surface area contributed by atoms with Gasteiger partial charge in [0.2, 0.25) is 0 Å². The van der Waals surface area contributed by atoms with Crippen LogP contribution in [0.15, 0.2) is 0 Å². The quantitative estimate of drug-likeness (QED) is 0.198. The largest absolute Gasteiger partial charge is 0.0654 e. The fourth-order valence-corrected chi connectivity index (χ4v) is 4.79. The Morgan fingerprint density at radius 2 is 0.897 bits per heavy atom. The number of unbranched alkanes of at least 4 members (excludes halogenated alkanes) is 2. The van der Waals surface area contributed by atoms with Crippen LogP contribution in [-0.2, 0) is 0 Å². The molecule has 0 saturated carbocycles.